The molecule has 3 aliphatic heterocycles. The monoisotopic (exact) mass is 780 g/mol. The number of carbonyl (C=O) groups is 2. The average Bonchev–Trinajstić information content (AvgIpc) is 3.90. The number of nitrogens with one attached hydrogen (secondary N) is 1. The van der Waals surface area contributed by atoms with E-state index in [0.717, 1.165) is 93.2 Å². The van der Waals surface area contributed by atoms with E-state index in [2.05, 4.69) is 64.5 Å². The van der Waals surface area contributed by atoms with E-state index in [9.17, 15) is 14.7 Å². The molecule has 2 N–H and O–H groups in total. The molecule has 1 aliphatic carbocycles. The fourth-order valence-electron chi connectivity index (χ4n) is 9.90. The smallest absolute Gasteiger partial charge is 0.407 e. The molecule has 8 rings (SSSR count). The normalized spacial score (nSPS) is 24.6. The lowest BCUT2D eigenvalue weighted by Gasteiger charge is -2.50. The van der Waals surface area contributed by atoms with Gasteiger partial charge in [-0.1, -0.05) is 57.0 Å². The standard InChI is InChI=1S/C44H53ClN6O5/c1-42(2,3)44-23-34(26-51(44)41(53)54)50(28-44)27-43(4)14-12-36(29-6-8-32(45)9-7-29)31(22-43)25-48-16-18-49(19-17-48)33-10-11-37(40(52)55-5)38(21-33)56-35-20-30-13-15-46-39(30)47-24-35/h6-11,13,15,20-21,24,34H,12,14,16-19,22-23,25-28H2,1-5H3,(H,46,47)(H,53,54)/t34?,43-,44?/m1/s1. The first-order chi connectivity index (χ1) is 26.7. The number of nitrogens with zero attached hydrogens (tertiary/aromatic N) is 5. The zero-order valence-corrected chi connectivity index (χ0v) is 33.9. The second kappa shape index (κ2) is 14.7. The molecule has 2 aromatic carbocycles. The van der Waals surface area contributed by atoms with E-state index in [1.54, 1.807) is 17.2 Å². The van der Waals surface area contributed by atoms with Crippen molar-refractivity contribution in [1.29, 1.82) is 0 Å². The van der Waals surface area contributed by atoms with E-state index in [1.807, 2.05) is 42.6 Å². The molecule has 1 amide bonds. The summed E-state index contributed by atoms with van der Waals surface area (Å²) in [4.78, 5) is 41.9. The van der Waals surface area contributed by atoms with Gasteiger partial charge in [-0.2, -0.15) is 0 Å². The van der Waals surface area contributed by atoms with Crippen LogP contribution in [0.15, 0.2) is 72.6 Å². The fraction of sp³-hybridized carbons (Fsp3) is 0.477. The van der Waals surface area contributed by atoms with Gasteiger partial charge in [0.25, 0.3) is 0 Å². The van der Waals surface area contributed by atoms with Crippen molar-refractivity contribution < 1.29 is 24.2 Å². The zero-order valence-electron chi connectivity index (χ0n) is 33.1. The number of methoxy groups -OCH3 is 1. The number of amides is 1. The zero-order chi connectivity index (χ0) is 39.4. The molecule has 4 aliphatic rings. The van der Waals surface area contributed by atoms with Crippen LogP contribution in [0, 0.1) is 10.8 Å². The first-order valence-electron chi connectivity index (χ1n) is 19.8. The molecule has 5 heterocycles. The Morgan fingerprint density at radius 2 is 1.82 bits per heavy atom. The number of H-pyrrole nitrogens is 1. The number of hydrogen-bond acceptors (Lipinski definition) is 8. The summed E-state index contributed by atoms with van der Waals surface area (Å²) in [6.45, 7) is 15.7. The minimum absolute atomic E-state index is 0.0730. The van der Waals surface area contributed by atoms with Crippen molar-refractivity contribution in [3.05, 3.63) is 88.7 Å². The lowest BCUT2D eigenvalue weighted by atomic mass is 9.70. The molecule has 0 saturated carbocycles. The lowest BCUT2D eigenvalue weighted by Crippen LogP contribution is -2.62. The Bertz CT molecular complexity index is 2150. The Labute approximate surface area is 334 Å². The number of pyridine rings is 1. The third kappa shape index (κ3) is 7.25. The van der Waals surface area contributed by atoms with Crippen molar-refractivity contribution in [2.45, 2.75) is 65.0 Å². The van der Waals surface area contributed by atoms with E-state index < -0.39 is 12.1 Å². The van der Waals surface area contributed by atoms with Crippen LogP contribution in [0.4, 0.5) is 10.5 Å². The van der Waals surface area contributed by atoms with Gasteiger partial charge in [0.1, 0.15) is 22.7 Å². The number of aromatic nitrogens is 2. The predicted octanol–water partition coefficient (Wildman–Crippen LogP) is 8.41. The quantitative estimate of drug-likeness (QED) is 0.162. The largest absolute Gasteiger partial charge is 0.465 e. The summed E-state index contributed by atoms with van der Waals surface area (Å²) in [5, 5.41) is 11.8. The highest BCUT2D eigenvalue weighted by molar-refractivity contribution is 6.30. The highest BCUT2D eigenvalue weighted by Gasteiger charge is 2.62. The Kier molecular flexibility index (Phi) is 10.1. The van der Waals surface area contributed by atoms with E-state index in [0.29, 0.717) is 23.6 Å². The number of allylic oxidation sites excluding steroid dienone is 1. The number of ether oxygens (including phenoxy) is 2. The van der Waals surface area contributed by atoms with Crippen molar-refractivity contribution in [2.75, 3.05) is 64.4 Å². The molecule has 12 heteroatoms. The van der Waals surface area contributed by atoms with Crippen molar-refractivity contribution in [2.24, 2.45) is 10.8 Å². The van der Waals surface area contributed by atoms with Gasteiger partial charge in [0, 0.05) is 86.8 Å². The summed E-state index contributed by atoms with van der Waals surface area (Å²) >= 11 is 6.34. The van der Waals surface area contributed by atoms with Crippen LogP contribution >= 0.6 is 11.6 Å². The number of carboxylic acid groups (broad SMARTS) is 1. The average molecular weight is 781 g/mol. The van der Waals surface area contributed by atoms with Crippen LogP contribution in [0.1, 0.15) is 69.3 Å². The van der Waals surface area contributed by atoms with Crippen LogP contribution in [-0.2, 0) is 4.74 Å². The van der Waals surface area contributed by atoms with E-state index in [-0.39, 0.29) is 22.4 Å². The third-order valence-electron chi connectivity index (χ3n) is 13.0. The van der Waals surface area contributed by atoms with Gasteiger partial charge in [-0.25, -0.2) is 14.6 Å². The van der Waals surface area contributed by atoms with Gasteiger partial charge in [-0.05, 0) is 84.0 Å². The number of rotatable bonds is 9. The molecule has 3 fully saturated rings. The summed E-state index contributed by atoms with van der Waals surface area (Å²) in [7, 11) is 1.38. The first kappa shape index (κ1) is 38.3. The van der Waals surface area contributed by atoms with Crippen LogP contribution in [0.2, 0.25) is 5.02 Å². The highest BCUT2D eigenvalue weighted by Crippen LogP contribution is 2.52. The van der Waals surface area contributed by atoms with Gasteiger partial charge < -0.3 is 24.5 Å². The van der Waals surface area contributed by atoms with Gasteiger partial charge in [0.15, 0.2) is 0 Å². The van der Waals surface area contributed by atoms with Gasteiger partial charge >= 0.3 is 12.1 Å². The Morgan fingerprint density at radius 3 is 2.54 bits per heavy atom. The van der Waals surface area contributed by atoms with Crippen molar-refractivity contribution >= 4 is 46.0 Å². The molecule has 3 atom stereocenters. The predicted molar refractivity (Wildman–Crippen MR) is 220 cm³/mol. The Hall–Kier alpha value is -4.58. The second-order valence-electron chi connectivity index (χ2n) is 17.6. The number of likely N-dealkylation sites (tertiary alicyclic amines) is 2. The first-order valence-corrected chi connectivity index (χ1v) is 20.1. The SMILES string of the molecule is COC(=O)c1ccc(N2CCN(CC3=C(c4ccc(Cl)cc4)CC[C@@](C)(CN4CC5(C(C)(C)C)CC4CN5C(=O)O)C3)CC2)cc1Oc1cnc2[nH]ccc2c1. The molecule has 11 nitrogen and oxygen atoms in total. The lowest BCUT2D eigenvalue weighted by molar-refractivity contribution is -0.00746. The number of anilines is 1. The van der Waals surface area contributed by atoms with Crippen molar-refractivity contribution in [3.8, 4) is 11.5 Å². The maximum absolute atomic E-state index is 12.7. The van der Waals surface area contributed by atoms with Gasteiger partial charge in [-0.15, -0.1) is 0 Å². The number of aromatic amines is 1. The van der Waals surface area contributed by atoms with E-state index in [4.69, 9.17) is 21.1 Å². The Morgan fingerprint density at radius 1 is 1.05 bits per heavy atom. The molecule has 56 heavy (non-hydrogen) atoms. The second-order valence-corrected chi connectivity index (χ2v) is 18.1. The molecule has 2 aromatic heterocycles. The molecule has 4 aromatic rings. The summed E-state index contributed by atoms with van der Waals surface area (Å²) in [5.74, 6) is 0.522. The minimum atomic E-state index is -0.793. The number of piperazine rings is 2. The fourth-order valence-corrected chi connectivity index (χ4v) is 10.0. The minimum Gasteiger partial charge on any atom is -0.465 e. The summed E-state index contributed by atoms with van der Waals surface area (Å²) in [5.41, 5.74) is 5.86. The van der Waals surface area contributed by atoms with Gasteiger partial charge in [-0.3, -0.25) is 14.7 Å². The highest BCUT2D eigenvalue weighted by atomic mass is 35.5. The molecular weight excluding hydrogens is 728 g/mol. The van der Waals surface area contributed by atoms with Gasteiger partial charge in [0.2, 0.25) is 0 Å². The molecule has 2 unspecified atom stereocenters. The Balaban J connectivity index is 0.982. The number of fused-ring (bicyclic) bond motifs is 3. The number of esters is 1. The summed E-state index contributed by atoms with van der Waals surface area (Å²) in [6, 6.07) is 18.1. The van der Waals surface area contributed by atoms with Crippen LogP contribution in [0.3, 0.4) is 0 Å². The van der Waals surface area contributed by atoms with Crippen LogP contribution in [-0.4, -0.2) is 113 Å². The van der Waals surface area contributed by atoms with Crippen molar-refractivity contribution in [3.63, 3.8) is 0 Å². The molecular formula is C44H53ClN6O5. The van der Waals surface area contributed by atoms with Gasteiger partial charge in [0.05, 0.1) is 18.8 Å². The molecule has 0 spiro atoms. The molecule has 0 radical (unpaired) electrons. The molecule has 296 valence electrons. The molecule has 2 bridgehead atoms. The maximum atomic E-state index is 12.7. The molecule has 3 saturated heterocycles. The topological polar surface area (TPSA) is 114 Å². The number of hydrogen-bond donors (Lipinski definition) is 2. The summed E-state index contributed by atoms with van der Waals surface area (Å²) < 4.78 is 11.4. The number of benzene rings is 2. The third-order valence-corrected chi connectivity index (χ3v) is 13.3. The van der Waals surface area contributed by atoms with E-state index in [1.165, 1.54) is 23.8 Å². The van der Waals surface area contributed by atoms with E-state index >= 15 is 0 Å². The van der Waals surface area contributed by atoms with Crippen LogP contribution in [0.5, 0.6) is 11.5 Å². The number of halogens is 1. The number of carbonyl (C=O) groups excluding carboxylic acids is 1. The summed E-state index contributed by atoms with van der Waals surface area (Å²) in [6.07, 6.45) is 6.68. The van der Waals surface area contributed by atoms with Crippen molar-refractivity contribution in [1.82, 2.24) is 24.7 Å². The van der Waals surface area contributed by atoms with Crippen LogP contribution < -0.4 is 9.64 Å². The maximum Gasteiger partial charge on any atom is 0.407 e. The van der Waals surface area contributed by atoms with Crippen LogP contribution in [0.25, 0.3) is 16.6 Å².